The second-order valence-corrected chi connectivity index (χ2v) is 9.14. The van der Waals surface area contributed by atoms with Gasteiger partial charge in [0, 0.05) is 29.0 Å². The minimum atomic E-state index is -0.0587. The Morgan fingerprint density at radius 3 is 2.53 bits per heavy atom. The predicted octanol–water partition coefficient (Wildman–Crippen LogP) is 6.69. The molecule has 0 fully saturated rings. The largest absolute Gasteiger partial charge is 0.462 e. The van der Waals surface area contributed by atoms with E-state index >= 15 is 0 Å². The Labute approximate surface area is 220 Å². The van der Waals surface area contributed by atoms with E-state index in [-0.39, 0.29) is 5.43 Å². The summed E-state index contributed by atoms with van der Waals surface area (Å²) < 4.78 is 14.1. The molecule has 2 aromatic carbocycles. The highest BCUT2D eigenvalue weighted by Crippen LogP contribution is 2.37. The van der Waals surface area contributed by atoms with Crippen molar-refractivity contribution in [3.05, 3.63) is 141 Å². The van der Waals surface area contributed by atoms with Crippen LogP contribution in [0.15, 0.2) is 124 Å². The van der Waals surface area contributed by atoms with Crippen LogP contribution in [-0.2, 0) is 4.74 Å². The van der Waals surface area contributed by atoms with Gasteiger partial charge in [-0.2, -0.15) is 5.26 Å². The molecule has 4 aliphatic rings. The minimum absolute atomic E-state index is 0.0587. The number of fused-ring (bicyclic) bond motifs is 2. The molecule has 0 amide bonds. The Morgan fingerprint density at radius 1 is 0.947 bits per heavy atom. The van der Waals surface area contributed by atoms with Crippen LogP contribution in [0.5, 0.6) is 5.75 Å². The van der Waals surface area contributed by atoms with Gasteiger partial charge >= 0.3 is 0 Å². The van der Waals surface area contributed by atoms with Gasteiger partial charge in [0.15, 0.2) is 11.2 Å². The smallest absolute Gasteiger partial charge is 0.216 e. The minimum Gasteiger partial charge on any atom is -0.462 e. The third kappa shape index (κ3) is 4.16. The second-order valence-electron chi connectivity index (χ2n) is 9.14. The zero-order valence-corrected chi connectivity index (χ0v) is 20.9. The first-order valence-electron chi connectivity index (χ1n) is 12.2. The summed E-state index contributed by atoms with van der Waals surface area (Å²) in [5, 5.41) is 13.3. The highest BCUT2D eigenvalue weighted by Gasteiger charge is 2.24. The molecule has 0 saturated heterocycles. The number of aromatic nitrogens is 1. The van der Waals surface area contributed by atoms with Crippen molar-refractivity contribution in [1.82, 2.24) is 4.57 Å². The van der Waals surface area contributed by atoms with Gasteiger partial charge in [-0.1, -0.05) is 30.3 Å². The van der Waals surface area contributed by atoms with Gasteiger partial charge in [-0.3, -0.25) is 4.79 Å². The van der Waals surface area contributed by atoms with E-state index in [0.29, 0.717) is 34.3 Å². The molecule has 6 rings (SSSR count). The van der Waals surface area contributed by atoms with E-state index in [1.165, 1.54) is 0 Å². The third-order valence-corrected chi connectivity index (χ3v) is 6.47. The zero-order valence-electron chi connectivity index (χ0n) is 20.9. The Morgan fingerprint density at radius 2 is 1.74 bits per heavy atom. The number of para-hydroxylation sites is 3. The normalized spacial score (nSPS) is 16.5. The summed E-state index contributed by atoms with van der Waals surface area (Å²) in [4.78, 5) is 12.4. The van der Waals surface area contributed by atoms with E-state index in [2.05, 4.69) is 17.5 Å². The van der Waals surface area contributed by atoms with Crippen molar-refractivity contribution in [3.63, 3.8) is 0 Å². The maximum Gasteiger partial charge on any atom is 0.216 e. The van der Waals surface area contributed by atoms with Crippen LogP contribution in [0.25, 0.3) is 23.0 Å². The number of nitrogens with one attached hydrogen (secondary N) is 1. The highest BCUT2D eigenvalue weighted by atomic mass is 16.5. The molecule has 0 bridgehead atoms. The number of ether oxygens (including phenoxy) is 2. The van der Waals surface area contributed by atoms with Gasteiger partial charge in [-0.25, -0.2) is 0 Å². The number of aryl methyl sites for hydroxylation is 1. The molecule has 1 aliphatic carbocycles. The van der Waals surface area contributed by atoms with Crippen molar-refractivity contribution < 1.29 is 9.47 Å². The van der Waals surface area contributed by atoms with Gasteiger partial charge in [0.25, 0.3) is 0 Å². The number of nitrogens with zero attached hydrogens (tertiary/aromatic N) is 2. The van der Waals surface area contributed by atoms with E-state index in [0.717, 1.165) is 33.9 Å². The maximum atomic E-state index is 12.4. The van der Waals surface area contributed by atoms with E-state index in [9.17, 15) is 10.1 Å². The van der Waals surface area contributed by atoms with Crippen molar-refractivity contribution in [2.75, 3.05) is 5.32 Å². The van der Waals surface area contributed by atoms with Crippen LogP contribution in [0.1, 0.15) is 18.2 Å². The van der Waals surface area contributed by atoms with Crippen molar-refractivity contribution in [1.29, 1.82) is 5.26 Å². The zero-order chi connectivity index (χ0) is 26.2. The summed E-state index contributed by atoms with van der Waals surface area (Å²) >= 11 is 0. The van der Waals surface area contributed by atoms with Crippen molar-refractivity contribution in [2.45, 2.75) is 13.8 Å². The fourth-order valence-corrected chi connectivity index (χ4v) is 4.80. The van der Waals surface area contributed by atoms with E-state index in [1.54, 1.807) is 12.1 Å². The summed E-state index contributed by atoms with van der Waals surface area (Å²) in [6.07, 6.45) is 5.56. The number of hydrogen-bond acceptors (Lipinski definition) is 5. The molecular formula is C32H23N3O3. The topological polar surface area (TPSA) is 76.3 Å². The average molecular weight is 498 g/mol. The molecule has 0 saturated carbocycles. The molecule has 0 unspecified atom stereocenters. The van der Waals surface area contributed by atoms with Gasteiger partial charge in [0.2, 0.25) is 5.88 Å². The maximum absolute atomic E-state index is 12.4. The lowest BCUT2D eigenvalue weighted by molar-refractivity contribution is 0.321. The lowest BCUT2D eigenvalue weighted by Gasteiger charge is -2.22. The van der Waals surface area contributed by atoms with Crippen LogP contribution in [0.3, 0.4) is 0 Å². The molecule has 0 spiro atoms. The highest BCUT2D eigenvalue weighted by molar-refractivity contribution is 5.73. The van der Waals surface area contributed by atoms with Crippen LogP contribution >= 0.6 is 0 Å². The predicted molar refractivity (Wildman–Crippen MR) is 148 cm³/mol. The summed E-state index contributed by atoms with van der Waals surface area (Å²) in [6.45, 7) is 3.87. The van der Waals surface area contributed by atoms with Crippen LogP contribution < -0.4 is 15.5 Å². The molecule has 3 aliphatic heterocycles. The molecule has 3 heterocycles. The van der Waals surface area contributed by atoms with Crippen molar-refractivity contribution in [3.8, 4) is 28.8 Å². The quantitative estimate of drug-likeness (QED) is 0.319. The van der Waals surface area contributed by atoms with E-state index < -0.39 is 0 Å². The summed E-state index contributed by atoms with van der Waals surface area (Å²) in [5.41, 5.74) is 6.39. The van der Waals surface area contributed by atoms with Crippen LogP contribution in [-0.4, -0.2) is 4.57 Å². The fraction of sp³-hybridized carbons (Fsp3) is 0.0625. The summed E-state index contributed by atoms with van der Waals surface area (Å²) in [5.74, 6) is 2.26. The molecule has 0 atom stereocenters. The van der Waals surface area contributed by atoms with Crippen LogP contribution in [0.4, 0.5) is 5.69 Å². The fourth-order valence-electron chi connectivity index (χ4n) is 4.80. The Balaban J connectivity index is 1.51. The summed E-state index contributed by atoms with van der Waals surface area (Å²) in [6, 6.07) is 26.9. The summed E-state index contributed by atoms with van der Waals surface area (Å²) in [7, 11) is 0. The molecule has 6 heteroatoms. The molecule has 38 heavy (non-hydrogen) atoms. The molecule has 184 valence electrons. The number of pyridine rings is 1. The van der Waals surface area contributed by atoms with E-state index in [4.69, 9.17) is 9.47 Å². The first-order valence-corrected chi connectivity index (χ1v) is 12.2. The van der Waals surface area contributed by atoms with Crippen LogP contribution in [0, 0.1) is 18.3 Å². The molecule has 1 N–H and O–H groups in total. The monoisotopic (exact) mass is 497 g/mol. The number of benzene rings is 3. The first-order chi connectivity index (χ1) is 18.5. The Kier molecular flexibility index (Phi) is 5.67. The Hall–Kier alpha value is -5.28. The number of anilines is 1. The van der Waals surface area contributed by atoms with Gasteiger partial charge in [0.05, 0.1) is 17.1 Å². The van der Waals surface area contributed by atoms with Gasteiger partial charge in [0.1, 0.15) is 23.2 Å². The van der Waals surface area contributed by atoms with Gasteiger partial charge < -0.3 is 19.4 Å². The van der Waals surface area contributed by atoms with E-state index in [1.807, 2.05) is 97.3 Å². The van der Waals surface area contributed by atoms with Crippen molar-refractivity contribution in [2.24, 2.45) is 0 Å². The lowest BCUT2D eigenvalue weighted by Crippen LogP contribution is -2.11. The molecule has 2 aromatic rings. The van der Waals surface area contributed by atoms with Crippen molar-refractivity contribution >= 4 is 11.8 Å². The molecule has 0 aromatic heterocycles. The number of hydrogen-bond donors (Lipinski definition) is 1. The number of allylic oxidation sites excluding steroid dienone is 5. The molecule has 6 nitrogen and oxygen atoms in total. The number of nitriles is 1. The van der Waals surface area contributed by atoms with Crippen LogP contribution in [0.2, 0.25) is 0 Å². The third-order valence-electron chi connectivity index (χ3n) is 6.47. The van der Waals surface area contributed by atoms with Gasteiger partial charge in [-0.15, -0.1) is 0 Å². The number of rotatable bonds is 3. The average Bonchev–Trinajstić information content (AvgIpc) is 3.33. The van der Waals surface area contributed by atoms with Gasteiger partial charge in [-0.05, 0) is 74.0 Å². The second kappa shape index (κ2) is 9.30. The Bertz CT molecular complexity index is 1760. The molecule has 0 radical (unpaired) electrons. The standard InChI is InChI=1S/C32H23N3O3/c1-20-14-24(35(23-8-4-3-5-9-23)30-18-25(36)12-13-27(20)30)17-26-16-22(15-21(2)37-26)28(19-33)32-34-29-10-6-7-11-31(29)38-32/h3-18,34H,1-2H3/b26-17-,32-28+. The molecular weight excluding hydrogens is 474 g/mol. The first kappa shape index (κ1) is 23.1. The lowest BCUT2D eigenvalue weighted by atomic mass is 10.00. The SMILES string of the molecule is CC1=CC(C(/C#N)=C2\Nc3ccccc3O2)=C/C(=C/c2cc(C)c3ccc(=O)cc-3n2-c2ccccc2)O1.